The summed E-state index contributed by atoms with van der Waals surface area (Å²) >= 11 is 0. The summed E-state index contributed by atoms with van der Waals surface area (Å²) in [4.78, 5) is 4.80. The molecule has 0 unspecified atom stereocenters. The Morgan fingerprint density at radius 1 is 0.969 bits per heavy atom. The van der Waals surface area contributed by atoms with Crippen molar-refractivity contribution in [3.8, 4) is 22.5 Å². The van der Waals surface area contributed by atoms with E-state index in [1.807, 2.05) is 28.9 Å². The Bertz CT molecular complexity index is 1310. The van der Waals surface area contributed by atoms with Crippen molar-refractivity contribution in [1.82, 2.24) is 39.8 Å². The van der Waals surface area contributed by atoms with Gasteiger partial charge in [-0.15, -0.1) is 5.10 Å². The fourth-order valence-electron chi connectivity index (χ4n) is 4.00. The van der Waals surface area contributed by atoms with Gasteiger partial charge in [0.15, 0.2) is 5.82 Å². The Morgan fingerprint density at radius 3 is 2.50 bits per heavy atom. The summed E-state index contributed by atoms with van der Waals surface area (Å²) in [5, 5.41) is 19.2. The average molecular weight is 427 g/mol. The third-order valence-corrected chi connectivity index (χ3v) is 5.75. The third kappa shape index (κ3) is 3.79. The van der Waals surface area contributed by atoms with Crippen LogP contribution in [-0.4, -0.2) is 39.8 Å². The van der Waals surface area contributed by atoms with Crippen molar-refractivity contribution in [3.05, 3.63) is 71.8 Å². The monoisotopic (exact) mass is 426 g/mol. The molecule has 0 spiro atoms. The second kappa shape index (κ2) is 8.74. The molecule has 0 bridgehead atoms. The van der Waals surface area contributed by atoms with Gasteiger partial charge in [-0.05, 0) is 40.0 Å². The minimum absolute atomic E-state index is 0.664. The van der Waals surface area contributed by atoms with Crippen LogP contribution >= 0.6 is 0 Å². The molecule has 3 aromatic heterocycles. The number of hydrogen-bond acceptors (Lipinski definition) is 5. The van der Waals surface area contributed by atoms with Crippen LogP contribution < -0.4 is 0 Å². The third-order valence-electron chi connectivity index (χ3n) is 5.75. The van der Waals surface area contributed by atoms with Crippen molar-refractivity contribution in [1.29, 1.82) is 0 Å². The Kier molecular flexibility index (Phi) is 5.49. The number of hydrogen-bond donors (Lipinski definition) is 1. The molecule has 0 atom stereocenters. The SMILES string of the molecule is CCCCc1nn2cc(CC)nc2n1Cc1ccc(-c2ccccc2-c2nnn[nH]2)cc1. The molecule has 0 amide bonds. The average Bonchev–Trinajstić information content (AvgIpc) is 3.56. The van der Waals surface area contributed by atoms with Gasteiger partial charge in [0.1, 0.15) is 5.82 Å². The van der Waals surface area contributed by atoms with E-state index in [1.54, 1.807) is 0 Å². The lowest BCUT2D eigenvalue weighted by molar-refractivity contribution is 0.681. The van der Waals surface area contributed by atoms with Crippen LogP contribution in [0, 0.1) is 0 Å². The highest BCUT2D eigenvalue weighted by Crippen LogP contribution is 2.30. The minimum atomic E-state index is 0.664. The van der Waals surface area contributed by atoms with Gasteiger partial charge in [0.25, 0.3) is 0 Å². The normalized spacial score (nSPS) is 11.4. The summed E-state index contributed by atoms with van der Waals surface area (Å²) in [7, 11) is 0. The molecule has 5 aromatic rings. The van der Waals surface area contributed by atoms with E-state index in [0.717, 1.165) is 66.2 Å². The molecule has 1 N–H and O–H groups in total. The summed E-state index contributed by atoms with van der Waals surface area (Å²) in [6, 6.07) is 16.8. The maximum absolute atomic E-state index is 4.82. The van der Waals surface area contributed by atoms with Crippen LogP contribution in [0.4, 0.5) is 0 Å². The number of fused-ring (bicyclic) bond motifs is 1. The van der Waals surface area contributed by atoms with Gasteiger partial charge in [-0.2, -0.15) is 5.10 Å². The number of aromatic nitrogens is 8. The van der Waals surface area contributed by atoms with Gasteiger partial charge in [-0.25, -0.2) is 14.6 Å². The molecule has 32 heavy (non-hydrogen) atoms. The molecule has 8 heteroatoms. The van der Waals surface area contributed by atoms with Gasteiger partial charge in [-0.3, -0.25) is 4.57 Å². The molecule has 8 nitrogen and oxygen atoms in total. The van der Waals surface area contributed by atoms with Crippen molar-refractivity contribution < 1.29 is 0 Å². The second-order valence-electron chi connectivity index (χ2n) is 7.93. The quantitative estimate of drug-likeness (QED) is 0.399. The van der Waals surface area contributed by atoms with Gasteiger partial charge in [-0.1, -0.05) is 68.8 Å². The highest BCUT2D eigenvalue weighted by Gasteiger charge is 2.15. The lowest BCUT2D eigenvalue weighted by Gasteiger charge is -2.10. The minimum Gasteiger partial charge on any atom is -0.292 e. The first-order valence-electron chi connectivity index (χ1n) is 11.1. The first-order valence-corrected chi connectivity index (χ1v) is 11.1. The molecule has 0 aliphatic rings. The van der Waals surface area contributed by atoms with E-state index in [9.17, 15) is 0 Å². The molecule has 0 fully saturated rings. The fourth-order valence-corrected chi connectivity index (χ4v) is 4.00. The van der Waals surface area contributed by atoms with Crippen LogP contribution in [0.1, 0.15) is 43.8 Å². The molecule has 0 saturated heterocycles. The smallest absolute Gasteiger partial charge is 0.232 e. The van der Waals surface area contributed by atoms with Gasteiger partial charge >= 0.3 is 0 Å². The highest BCUT2D eigenvalue weighted by atomic mass is 15.5. The number of imidazole rings is 1. The molecule has 2 aromatic carbocycles. The summed E-state index contributed by atoms with van der Waals surface area (Å²) in [6.07, 6.45) is 6.16. The number of aryl methyl sites for hydroxylation is 2. The molecule has 5 rings (SSSR count). The van der Waals surface area contributed by atoms with Crippen LogP contribution in [0.3, 0.4) is 0 Å². The van der Waals surface area contributed by atoms with Gasteiger partial charge in [0, 0.05) is 12.0 Å². The Hall–Kier alpha value is -3.81. The number of nitrogens with zero attached hydrogens (tertiary/aromatic N) is 7. The van der Waals surface area contributed by atoms with Crippen molar-refractivity contribution >= 4 is 5.78 Å². The van der Waals surface area contributed by atoms with Crippen molar-refractivity contribution in [2.45, 2.75) is 46.1 Å². The van der Waals surface area contributed by atoms with Crippen LogP contribution in [0.5, 0.6) is 0 Å². The molecule has 162 valence electrons. The van der Waals surface area contributed by atoms with Gasteiger partial charge in [0.05, 0.1) is 18.4 Å². The standard InChI is InChI=1S/C24H26N8/c1-3-5-10-22-28-32-16-19(4-2)25-24(32)31(22)15-17-11-13-18(14-12-17)20-8-6-7-9-21(20)23-26-29-30-27-23/h6-9,11-14,16H,3-5,10,15H2,1-2H3,(H,26,27,29,30). The highest BCUT2D eigenvalue weighted by molar-refractivity contribution is 5.80. The number of unbranched alkanes of at least 4 members (excludes halogenated alkanes) is 1. The van der Waals surface area contributed by atoms with E-state index in [-0.39, 0.29) is 0 Å². The van der Waals surface area contributed by atoms with Gasteiger partial charge in [0.2, 0.25) is 5.78 Å². The predicted molar refractivity (Wildman–Crippen MR) is 123 cm³/mol. The number of H-pyrrole nitrogens is 1. The Balaban J connectivity index is 1.46. The van der Waals surface area contributed by atoms with E-state index in [2.05, 4.69) is 69.4 Å². The van der Waals surface area contributed by atoms with Crippen LogP contribution in [0.2, 0.25) is 0 Å². The maximum atomic E-state index is 4.82. The summed E-state index contributed by atoms with van der Waals surface area (Å²) in [5.74, 6) is 2.67. The molecule has 3 heterocycles. The van der Waals surface area contributed by atoms with E-state index < -0.39 is 0 Å². The predicted octanol–water partition coefficient (Wildman–Crippen LogP) is 4.33. The van der Waals surface area contributed by atoms with Crippen molar-refractivity contribution in [2.24, 2.45) is 0 Å². The molecular weight excluding hydrogens is 400 g/mol. The Morgan fingerprint density at radius 2 is 1.78 bits per heavy atom. The molecule has 0 saturated carbocycles. The maximum Gasteiger partial charge on any atom is 0.232 e. The topological polar surface area (TPSA) is 89.6 Å². The Labute approximate surface area is 186 Å². The van der Waals surface area contributed by atoms with Crippen LogP contribution in [0.25, 0.3) is 28.3 Å². The van der Waals surface area contributed by atoms with E-state index in [1.165, 1.54) is 5.56 Å². The number of nitrogens with one attached hydrogen (secondary N) is 1. The number of tetrazole rings is 1. The molecule has 0 aliphatic carbocycles. The first kappa shape index (κ1) is 20.1. The summed E-state index contributed by atoms with van der Waals surface area (Å²) in [5.41, 5.74) is 5.47. The first-order chi connectivity index (χ1) is 15.8. The zero-order chi connectivity index (χ0) is 21.9. The van der Waals surface area contributed by atoms with Crippen LogP contribution in [-0.2, 0) is 19.4 Å². The number of benzene rings is 2. The largest absolute Gasteiger partial charge is 0.292 e. The lowest BCUT2D eigenvalue weighted by atomic mass is 9.98. The summed E-state index contributed by atoms with van der Waals surface area (Å²) in [6.45, 7) is 5.07. The van der Waals surface area contributed by atoms with E-state index >= 15 is 0 Å². The second-order valence-corrected chi connectivity index (χ2v) is 7.93. The van der Waals surface area contributed by atoms with E-state index in [4.69, 9.17) is 10.1 Å². The fraction of sp³-hybridized carbons (Fsp3) is 0.292. The van der Waals surface area contributed by atoms with Crippen LogP contribution in [0.15, 0.2) is 54.7 Å². The molecule has 0 aliphatic heterocycles. The van der Waals surface area contributed by atoms with E-state index in [0.29, 0.717) is 5.82 Å². The zero-order valence-electron chi connectivity index (χ0n) is 18.4. The van der Waals surface area contributed by atoms with Crippen molar-refractivity contribution in [3.63, 3.8) is 0 Å². The van der Waals surface area contributed by atoms with Gasteiger partial charge < -0.3 is 0 Å². The molecule has 0 radical (unpaired) electrons. The lowest BCUT2D eigenvalue weighted by Crippen LogP contribution is -2.06. The summed E-state index contributed by atoms with van der Waals surface area (Å²) < 4.78 is 4.18. The number of aromatic amines is 1. The molecular formula is C24H26N8. The zero-order valence-corrected chi connectivity index (χ0v) is 18.4. The number of rotatable bonds is 8. The van der Waals surface area contributed by atoms with Crippen molar-refractivity contribution in [2.75, 3.05) is 0 Å².